The zero-order valence-corrected chi connectivity index (χ0v) is 15.3. The van der Waals surface area contributed by atoms with Crippen LogP contribution >= 0.6 is 11.3 Å². The number of hydrogen-bond acceptors (Lipinski definition) is 7. The van der Waals surface area contributed by atoms with Gasteiger partial charge in [0, 0.05) is 12.1 Å². The predicted molar refractivity (Wildman–Crippen MR) is 102 cm³/mol. The van der Waals surface area contributed by atoms with Crippen molar-refractivity contribution in [1.29, 1.82) is 0 Å². The Balaban J connectivity index is 1.39. The first-order valence-corrected chi connectivity index (χ1v) is 9.19. The number of anilines is 1. The molecule has 27 heavy (non-hydrogen) atoms. The van der Waals surface area contributed by atoms with Crippen LogP contribution in [0.3, 0.4) is 0 Å². The van der Waals surface area contributed by atoms with Crippen LogP contribution in [0.25, 0.3) is 10.2 Å². The van der Waals surface area contributed by atoms with E-state index in [1.165, 1.54) is 11.3 Å². The van der Waals surface area contributed by atoms with Crippen molar-refractivity contribution in [3.8, 4) is 5.75 Å². The number of fused-ring (bicyclic) bond motifs is 1. The standard InChI is InChI=1S/C18H16N6O2S/c1-2-24-16(21-22-23-24)11-26-13-9-7-12(8-10-13)17(25)20-18-19-14-5-3-4-6-15(14)27-18/h3-10H,2,11H2,1H3,(H,19,20,25). The van der Waals surface area contributed by atoms with Gasteiger partial charge in [0.15, 0.2) is 11.0 Å². The van der Waals surface area contributed by atoms with Crippen LogP contribution in [-0.4, -0.2) is 31.1 Å². The number of benzene rings is 2. The molecule has 0 saturated carbocycles. The van der Waals surface area contributed by atoms with E-state index in [0.29, 0.717) is 28.8 Å². The third-order valence-corrected chi connectivity index (χ3v) is 4.86. The minimum Gasteiger partial charge on any atom is -0.486 e. The average Bonchev–Trinajstić information content (AvgIpc) is 3.32. The molecule has 0 unspecified atom stereocenters. The summed E-state index contributed by atoms with van der Waals surface area (Å²) in [5, 5.41) is 14.8. The first-order chi connectivity index (χ1) is 13.2. The minimum atomic E-state index is -0.212. The van der Waals surface area contributed by atoms with Crippen LogP contribution in [0.5, 0.6) is 5.75 Å². The summed E-state index contributed by atoms with van der Waals surface area (Å²) in [4.78, 5) is 16.8. The van der Waals surface area contributed by atoms with Gasteiger partial charge in [0.1, 0.15) is 12.4 Å². The van der Waals surface area contributed by atoms with Crippen molar-refractivity contribution >= 4 is 32.6 Å². The fourth-order valence-electron chi connectivity index (χ4n) is 2.52. The predicted octanol–water partition coefficient (Wildman–Crippen LogP) is 3.13. The monoisotopic (exact) mass is 380 g/mol. The molecule has 1 N–H and O–H groups in total. The van der Waals surface area contributed by atoms with Gasteiger partial charge in [0.05, 0.1) is 10.2 Å². The number of rotatable bonds is 6. The van der Waals surface area contributed by atoms with Crippen molar-refractivity contribution in [2.75, 3.05) is 5.32 Å². The van der Waals surface area contributed by atoms with Gasteiger partial charge in [-0.3, -0.25) is 10.1 Å². The van der Waals surface area contributed by atoms with Gasteiger partial charge in [0.2, 0.25) is 0 Å². The summed E-state index contributed by atoms with van der Waals surface area (Å²) >= 11 is 1.44. The molecule has 8 nitrogen and oxygen atoms in total. The Labute approximate surface area is 158 Å². The zero-order valence-electron chi connectivity index (χ0n) is 14.5. The number of aromatic nitrogens is 5. The third kappa shape index (κ3) is 3.77. The number of ether oxygens (including phenoxy) is 1. The quantitative estimate of drug-likeness (QED) is 0.552. The summed E-state index contributed by atoms with van der Waals surface area (Å²) < 4.78 is 8.38. The van der Waals surface area contributed by atoms with Gasteiger partial charge in [-0.15, -0.1) is 5.10 Å². The molecule has 0 aliphatic heterocycles. The van der Waals surface area contributed by atoms with E-state index in [1.54, 1.807) is 28.9 Å². The van der Waals surface area contributed by atoms with Gasteiger partial charge in [-0.25, -0.2) is 9.67 Å². The second kappa shape index (κ2) is 7.50. The molecule has 0 aliphatic rings. The van der Waals surface area contributed by atoms with E-state index in [0.717, 1.165) is 10.2 Å². The van der Waals surface area contributed by atoms with Crippen LogP contribution in [0.2, 0.25) is 0 Å². The number of nitrogens with one attached hydrogen (secondary N) is 1. The van der Waals surface area contributed by atoms with E-state index >= 15 is 0 Å². The molecular weight excluding hydrogens is 364 g/mol. The van der Waals surface area contributed by atoms with Crippen LogP contribution in [0.15, 0.2) is 48.5 Å². The molecule has 0 fully saturated rings. The summed E-state index contributed by atoms with van der Waals surface area (Å²) in [6, 6.07) is 14.7. The molecule has 4 aromatic rings. The zero-order chi connectivity index (χ0) is 18.6. The highest BCUT2D eigenvalue weighted by molar-refractivity contribution is 7.22. The molecular formula is C18H16N6O2S. The second-order valence-corrected chi connectivity index (χ2v) is 6.70. The SMILES string of the molecule is CCn1nnnc1COc1ccc(C(=O)Nc2nc3ccccc3s2)cc1. The summed E-state index contributed by atoms with van der Waals surface area (Å²) in [6.07, 6.45) is 0. The third-order valence-electron chi connectivity index (χ3n) is 3.90. The van der Waals surface area contributed by atoms with Crippen molar-refractivity contribution in [3.05, 3.63) is 59.9 Å². The van der Waals surface area contributed by atoms with Gasteiger partial charge in [0.25, 0.3) is 5.91 Å². The Kier molecular flexibility index (Phi) is 4.75. The Morgan fingerprint density at radius 1 is 1.19 bits per heavy atom. The molecule has 0 bridgehead atoms. The highest BCUT2D eigenvalue weighted by Crippen LogP contribution is 2.26. The smallest absolute Gasteiger partial charge is 0.257 e. The molecule has 2 aromatic heterocycles. The lowest BCUT2D eigenvalue weighted by molar-refractivity contribution is 0.102. The van der Waals surface area contributed by atoms with Crippen LogP contribution in [-0.2, 0) is 13.2 Å². The van der Waals surface area contributed by atoms with Crippen molar-refractivity contribution in [1.82, 2.24) is 25.2 Å². The fourth-order valence-corrected chi connectivity index (χ4v) is 3.38. The summed E-state index contributed by atoms with van der Waals surface area (Å²) in [6.45, 7) is 2.90. The van der Waals surface area contributed by atoms with E-state index in [-0.39, 0.29) is 12.5 Å². The van der Waals surface area contributed by atoms with E-state index in [4.69, 9.17) is 4.74 Å². The van der Waals surface area contributed by atoms with Gasteiger partial charge < -0.3 is 4.74 Å². The molecule has 9 heteroatoms. The molecule has 0 atom stereocenters. The van der Waals surface area contributed by atoms with E-state index in [9.17, 15) is 4.79 Å². The van der Waals surface area contributed by atoms with Gasteiger partial charge >= 0.3 is 0 Å². The Hall–Kier alpha value is -3.33. The van der Waals surface area contributed by atoms with E-state index in [1.807, 2.05) is 31.2 Å². The number of aryl methyl sites for hydroxylation is 1. The molecule has 2 aromatic carbocycles. The van der Waals surface area contributed by atoms with Gasteiger partial charge in [-0.2, -0.15) is 0 Å². The van der Waals surface area contributed by atoms with Crippen molar-refractivity contribution in [2.24, 2.45) is 0 Å². The summed E-state index contributed by atoms with van der Waals surface area (Å²) in [5.41, 5.74) is 1.40. The summed E-state index contributed by atoms with van der Waals surface area (Å²) in [5.74, 6) is 1.07. The molecule has 0 saturated heterocycles. The normalized spacial score (nSPS) is 10.9. The van der Waals surface area contributed by atoms with E-state index in [2.05, 4.69) is 25.8 Å². The lowest BCUT2D eigenvalue weighted by Crippen LogP contribution is -2.11. The van der Waals surface area contributed by atoms with E-state index < -0.39 is 0 Å². The molecule has 1 amide bonds. The highest BCUT2D eigenvalue weighted by atomic mass is 32.1. The maximum absolute atomic E-state index is 12.4. The van der Waals surface area contributed by atoms with Crippen LogP contribution in [0, 0.1) is 0 Å². The van der Waals surface area contributed by atoms with Gasteiger partial charge in [-0.1, -0.05) is 23.5 Å². The minimum absolute atomic E-state index is 0.212. The number of para-hydroxylation sites is 1. The van der Waals surface area contributed by atoms with Crippen molar-refractivity contribution in [2.45, 2.75) is 20.1 Å². The Bertz CT molecular complexity index is 1040. The maximum atomic E-state index is 12.4. The van der Waals surface area contributed by atoms with Crippen molar-refractivity contribution < 1.29 is 9.53 Å². The Morgan fingerprint density at radius 3 is 2.78 bits per heavy atom. The summed E-state index contributed by atoms with van der Waals surface area (Å²) in [7, 11) is 0. The fraction of sp³-hybridized carbons (Fsp3) is 0.167. The number of tetrazole rings is 1. The molecule has 0 spiro atoms. The number of hydrogen-bond donors (Lipinski definition) is 1. The van der Waals surface area contributed by atoms with Crippen LogP contribution in [0.4, 0.5) is 5.13 Å². The average molecular weight is 380 g/mol. The topological polar surface area (TPSA) is 94.8 Å². The number of carbonyl (C=O) groups is 1. The van der Waals surface area contributed by atoms with Crippen LogP contribution in [0.1, 0.15) is 23.1 Å². The molecule has 2 heterocycles. The largest absolute Gasteiger partial charge is 0.486 e. The Morgan fingerprint density at radius 2 is 2.00 bits per heavy atom. The first-order valence-electron chi connectivity index (χ1n) is 8.38. The molecule has 136 valence electrons. The molecule has 0 radical (unpaired) electrons. The first kappa shape index (κ1) is 17.1. The highest BCUT2D eigenvalue weighted by Gasteiger charge is 2.10. The second-order valence-electron chi connectivity index (χ2n) is 5.66. The van der Waals surface area contributed by atoms with Crippen molar-refractivity contribution in [3.63, 3.8) is 0 Å². The number of amides is 1. The van der Waals surface area contributed by atoms with Crippen LogP contribution < -0.4 is 10.1 Å². The maximum Gasteiger partial charge on any atom is 0.257 e. The molecule has 4 rings (SSSR count). The molecule has 0 aliphatic carbocycles. The number of carbonyl (C=O) groups excluding carboxylic acids is 1. The number of thiazole rings is 1. The number of nitrogens with zero attached hydrogens (tertiary/aromatic N) is 5. The lowest BCUT2D eigenvalue weighted by atomic mass is 10.2. The lowest BCUT2D eigenvalue weighted by Gasteiger charge is -2.07. The van der Waals surface area contributed by atoms with Gasteiger partial charge in [-0.05, 0) is 53.7 Å².